The van der Waals surface area contributed by atoms with E-state index in [2.05, 4.69) is 11.0 Å². The van der Waals surface area contributed by atoms with Crippen LogP contribution in [0.4, 0.5) is 0 Å². The number of fused-ring (bicyclic) bond motifs is 1. The van der Waals surface area contributed by atoms with Crippen molar-refractivity contribution in [1.29, 1.82) is 5.26 Å². The summed E-state index contributed by atoms with van der Waals surface area (Å²) in [7, 11) is 0. The largest absolute Gasteiger partial charge is 0.492 e. The predicted molar refractivity (Wildman–Crippen MR) is 78.6 cm³/mol. The average molecular weight is 270 g/mol. The maximum Gasteiger partial charge on any atom is 0.120 e. The maximum absolute atomic E-state index is 8.88. The van der Waals surface area contributed by atoms with E-state index in [1.165, 1.54) is 38.6 Å². The van der Waals surface area contributed by atoms with Gasteiger partial charge in [0.25, 0.3) is 0 Å². The summed E-state index contributed by atoms with van der Waals surface area (Å²) in [5.41, 5.74) is 0.663. The zero-order valence-electron chi connectivity index (χ0n) is 11.9. The first-order chi connectivity index (χ1) is 9.86. The van der Waals surface area contributed by atoms with E-state index in [1.807, 2.05) is 18.2 Å². The Labute approximate surface area is 121 Å². The van der Waals surface area contributed by atoms with Crippen LogP contribution in [0.2, 0.25) is 0 Å². The number of piperidine rings is 1. The zero-order chi connectivity index (χ0) is 13.8. The first-order valence-corrected chi connectivity index (χ1v) is 7.74. The second kappa shape index (κ2) is 6.28. The number of hydrogen-bond donors (Lipinski definition) is 0. The van der Waals surface area contributed by atoms with Crippen LogP contribution in [0, 0.1) is 17.2 Å². The third kappa shape index (κ3) is 2.96. The van der Waals surface area contributed by atoms with Crippen LogP contribution >= 0.6 is 0 Å². The second-order valence-corrected chi connectivity index (χ2v) is 5.92. The lowest BCUT2D eigenvalue weighted by molar-refractivity contribution is 0.0951. The van der Waals surface area contributed by atoms with Crippen molar-refractivity contribution in [2.24, 2.45) is 5.92 Å². The molecule has 106 valence electrons. The summed E-state index contributed by atoms with van der Waals surface area (Å²) in [6.45, 7) is 2.96. The molecule has 2 fully saturated rings. The molecule has 0 aromatic heterocycles. The predicted octanol–water partition coefficient (Wildman–Crippen LogP) is 3.20. The van der Waals surface area contributed by atoms with Crippen molar-refractivity contribution in [3.8, 4) is 11.8 Å². The van der Waals surface area contributed by atoms with Gasteiger partial charge >= 0.3 is 0 Å². The standard InChI is InChI=1S/C17H22N2O/c18-13-14-4-1-7-16(12-14)20-11-10-19-9-3-6-15-5-2-8-17(15)19/h1,4,7,12,15,17H,2-3,5-6,8-11H2. The lowest BCUT2D eigenvalue weighted by atomic mass is 9.92. The van der Waals surface area contributed by atoms with E-state index in [4.69, 9.17) is 10.00 Å². The van der Waals surface area contributed by atoms with Gasteiger partial charge in [-0.15, -0.1) is 0 Å². The Morgan fingerprint density at radius 3 is 3.05 bits per heavy atom. The molecular weight excluding hydrogens is 248 g/mol. The molecule has 2 atom stereocenters. The Morgan fingerprint density at radius 1 is 1.25 bits per heavy atom. The van der Waals surface area contributed by atoms with Crippen LogP contribution in [0.3, 0.4) is 0 Å². The molecule has 1 aromatic carbocycles. The summed E-state index contributed by atoms with van der Waals surface area (Å²) in [6, 6.07) is 10.4. The molecule has 1 heterocycles. The molecule has 3 heteroatoms. The number of nitrogens with zero attached hydrogens (tertiary/aromatic N) is 2. The summed E-state index contributed by atoms with van der Waals surface area (Å²) in [5.74, 6) is 1.75. The topological polar surface area (TPSA) is 36.3 Å². The summed E-state index contributed by atoms with van der Waals surface area (Å²) in [4.78, 5) is 2.62. The molecule has 20 heavy (non-hydrogen) atoms. The van der Waals surface area contributed by atoms with Crippen LogP contribution in [-0.4, -0.2) is 30.6 Å². The van der Waals surface area contributed by atoms with Gasteiger partial charge in [0.2, 0.25) is 0 Å². The van der Waals surface area contributed by atoms with Gasteiger partial charge in [0.1, 0.15) is 12.4 Å². The van der Waals surface area contributed by atoms with Crippen molar-refractivity contribution in [1.82, 2.24) is 4.90 Å². The van der Waals surface area contributed by atoms with Gasteiger partial charge in [0, 0.05) is 12.6 Å². The Hall–Kier alpha value is -1.53. The Morgan fingerprint density at radius 2 is 2.15 bits per heavy atom. The van der Waals surface area contributed by atoms with Gasteiger partial charge in [-0.3, -0.25) is 4.90 Å². The fourth-order valence-corrected chi connectivity index (χ4v) is 3.77. The van der Waals surface area contributed by atoms with E-state index in [0.717, 1.165) is 30.9 Å². The smallest absolute Gasteiger partial charge is 0.120 e. The van der Waals surface area contributed by atoms with Crippen LogP contribution in [0.15, 0.2) is 24.3 Å². The molecule has 3 rings (SSSR count). The highest BCUT2D eigenvalue weighted by atomic mass is 16.5. The molecule has 3 nitrogen and oxygen atoms in total. The lowest BCUT2D eigenvalue weighted by Crippen LogP contribution is -2.44. The van der Waals surface area contributed by atoms with Crippen LogP contribution < -0.4 is 4.74 Å². The van der Waals surface area contributed by atoms with E-state index in [9.17, 15) is 0 Å². The minimum atomic E-state index is 0.663. The number of nitriles is 1. The van der Waals surface area contributed by atoms with Crippen LogP contribution in [0.5, 0.6) is 5.75 Å². The number of rotatable bonds is 4. The third-order valence-electron chi connectivity index (χ3n) is 4.72. The highest BCUT2D eigenvalue weighted by Gasteiger charge is 2.34. The molecule has 2 unspecified atom stereocenters. The van der Waals surface area contributed by atoms with Gasteiger partial charge in [0.15, 0.2) is 0 Å². The minimum absolute atomic E-state index is 0.663. The second-order valence-electron chi connectivity index (χ2n) is 5.92. The molecule has 0 N–H and O–H groups in total. The fourth-order valence-electron chi connectivity index (χ4n) is 3.77. The molecule has 1 aliphatic carbocycles. The van der Waals surface area contributed by atoms with Crippen LogP contribution in [0.1, 0.15) is 37.7 Å². The molecule has 1 saturated carbocycles. The highest BCUT2D eigenvalue weighted by Crippen LogP contribution is 2.36. The van der Waals surface area contributed by atoms with Gasteiger partial charge in [-0.25, -0.2) is 0 Å². The minimum Gasteiger partial charge on any atom is -0.492 e. The number of benzene rings is 1. The molecule has 2 aliphatic rings. The van der Waals surface area contributed by atoms with Crippen molar-refractivity contribution in [2.75, 3.05) is 19.7 Å². The van der Waals surface area contributed by atoms with E-state index < -0.39 is 0 Å². The van der Waals surface area contributed by atoms with E-state index in [0.29, 0.717) is 5.56 Å². The average Bonchev–Trinajstić information content (AvgIpc) is 2.97. The first kappa shape index (κ1) is 13.5. The molecule has 1 aromatic rings. The van der Waals surface area contributed by atoms with E-state index >= 15 is 0 Å². The van der Waals surface area contributed by atoms with Crippen molar-refractivity contribution >= 4 is 0 Å². The maximum atomic E-state index is 8.88. The summed E-state index contributed by atoms with van der Waals surface area (Å²) < 4.78 is 5.81. The van der Waals surface area contributed by atoms with E-state index in [1.54, 1.807) is 6.07 Å². The summed E-state index contributed by atoms with van der Waals surface area (Å²) >= 11 is 0. The SMILES string of the molecule is N#Cc1cccc(OCCN2CCCC3CCCC32)c1. The Bertz CT molecular complexity index is 494. The quantitative estimate of drug-likeness (QED) is 0.843. The number of ether oxygens (including phenoxy) is 1. The molecule has 0 radical (unpaired) electrons. The van der Waals surface area contributed by atoms with E-state index in [-0.39, 0.29) is 0 Å². The van der Waals surface area contributed by atoms with Gasteiger partial charge in [-0.1, -0.05) is 12.5 Å². The van der Waals surface area contributed by atoms with Gasteiger partial charge in [-0.2, -0.15) is 5.26 Å². The molecule has 1 saturated heterocycles. The summed E-state index contributed by atoms with van der Waals surface area (Å²) in [5, 5.41) is 8.88. The van der Waals surface area contributed by atoms with Crippen molar-refractivity contribution in [3.63, 3.8) is 0 Å². The molecule has 0 amide bonds. The molecular formula is C17H22N2O. The third-order valence-corrected chi connectivity index (χ3v) is 4.72. The Balaban J connectivity index is 1.50. The van der Waals surface area contributed by atoms with Gasteiger partial charge in [-0.05, 0) is 56.3 Å². The number of likely N-dealkylation sites (tertiary alicyclic amines) is 1. The van der Waals surface area contributed by atoms with Crippen LogP contribution in [-0.2, 0) is 0 Å². The molecule has 0 bridgehead atoms. The first-order valence-electron chi connectivity index (χ1n) is 7.74. The van der Waals surface area contributed by atoms with Crippen molar-refractivity contribution in [2.45, 2.75) is 38.1 Å². The monoisotopic (exact) mass is 270 g/mol. The highest BCUT2D eigenvalue weighted by molar-refractivity contribution is 5.36. The zero-order valence-corrected chi connectivity index (χ0v) is 11.9. The van der Waals surface area contributed by atoms with Crippen LogP contribution in [0.25, 0.3) is 0 Å². The lowest BCUT2D eigenvalue weighted by Gasteiger charge is -2.37. The normalized spacial score (nSPS) is 25.9. The van der Waals surface area contributed by atoms with Crippen molar-refractivity contribution in [3.05, 3.63) is 29.8 Å². The van der Waals surface area contributed by atoms with Gasteiger partial charge in [0.05, 0.1) is 11.6 Å². The molecule has 0 spiro atoms. The fraction of sp³-hybridized carbons (Fsp3) is 0.588. The Kier molecular flexibility index (Phi) is 4.22. The summed E-state index contributed by atoms with van der Waals surface area (Å²) in [6.07, 6.45) is 6.95. The van der Waals surface area contributed by atoms with Gasteiger partial charge < -0.3 is 4.74 Å². The number of hydrogen-bond acceptors (Lipinski definition) is 3. The van der Waals surface area contributed by atoms with Crippen molar-refractivity contribution < 1.29 is 4.74 Å². The molecule has 1 aliphatic heterocycles.